The molecule has 1 aliphatic heterocycles. The maximum absolute atomic E-state index is 12.5. The van der Waals surface area contributed by atoms with Gasteiger partial charge >= 0.3 is 0 Å². The second kappa shape index (κ2) is 6.99. The van der Waals surface area contributed by atoms with Gasteiger partial charge in [0.25, 0.3) is 0 Å². The minimum atomic E-state index is 0. The van der Waals surface area contributed by atoms with Crippen LogP contribution in [0.15, 0.2) is 30.7 Å². The number of hydrogen-bond acceptors (Lipinski definition) is 4. The highest BCUT2D eigenvalue weighted by molar-refractivity contribution is 6.02. The number of anilines is 1. The number of nitrogens with zero attached hydrogens (tertiary/aromatic N) is 2. The van der Waals surface area contributed by atoms with Crippen LogP contribution >= 0.6 is 24.8 Å². The van der Waals surface area contributed by atoms with Crippen molar-refractivity contribution in [3.05, 3.63) is 30.7 Å². The van der Waals surface area contributed by atoms with Gasteiger partial charge in [0.1, 0.15) is 0 Å². The number of amides is 1. The first-order chi connectivity index (χ1) is 10.3. The Morgan fingerprint density at radius 1 is 1.22 bits per heavy atom. The number of pyridine rings is 2. The van der Waals surface area contributed by atoms with Crippen LogP contribution in [-0.2, 0) is 4.79 Å². The van der Waals surface area contributed by atoms with Gasteiger partial charge in [0.15, 0.2) is 0 Å². The fourth-order valence-corrected chi connectivity index (χ4v) is 3.51. The van der Waals surface area contributed by atoms with Gasteiger partial charge in [-0.05, 0) is 49.9 Å². The zero-order chi connectivity index (χ0) is 14.3. The highest BCUT2D eigenvalue weighted by Crippen LogP contribution is 2.58. The van der Waals surface area contributed by atoms with Crippen molar-refractivity contribution in [2.45, 2.75) is 19.3 Å². The number of carbonyl (C=O) groups is 1. The predicted octanol–water partition coefficient (Wildman–Crippen LogP) is 2.80. The summed E-state index contributed by atoms with van der Waals surface area (Å²) in [6.45, 7) is 2.07. The molecule has 0 radical (unpaired) electrons. The van der Waals surface area contributed by atoms with Crippen LogP contribution in [0, 0.1) is 11.3 Å². The highest BCUT2D eigenvalue weighted by atomic mass is 35.5. The smallest absolute Gasteiger partial charge is 0.228 e. The molecule has 7 heteroatoms. The van der Waals surface area contributed by atoms with Crippen molar-refractivity contribution < 1.29 is 4.79 Å². The van der Waals surface area contributed by atoms with E-state index in [0.717, 1.165) is 48.9 Å². The van der Waals surface area contributed by atoms with Crippen LogP contribution in [0.5, 0.6) is 0 Å². The van der Waals surface area contributed by atoms with Gasteiger partial charge < -0.3 is 10.6 Å². The quantitative estimate of drug-likeness (QED) is 0.869. The Morgan fingerprint density at radius 2 is 2.00 bits per heavy atom. The Hall–Kier alpha value is -1.43. The van der Waals surface area contributed by atoms with Gasteiger partial charge in [-0.25, -0.2) is 0 Å². The molecule has 1 amide bonds. The molecule has 1 aliphatic carbocycles. The fourth-order valence-electron chi connectivity index (χ4n) is 3.51. The number of carbonyl (C=O) groups excluding carboxylic acids is 1. The largest absolute Gasteiger partial charge is 0.325 e. The zero-order valence-electron chi connectivity index (χ0n) is 12.6. The van der Waals surface area contributed by atoms with Gasteiger partial charge in [0.2, 0.25) is 5.91 Å². The normalized spacial score (nSPS) is 21.1. The van der Waals surface area contributed by atoms with Gasteiger partial charge in [-0.2, -0.15) is 0 Å². The first-order valence-corrected chi connectivity index (χ1v) is 7.49. The molecule has 2 N–H and O–H groups in total. The number of fused-ring (bicyclic) bond motifs is 1. The molecule has 1 saturated carbocycles. The van der Waals surface area contributed by atoms with Gasteiger partial charge in [-0.1, -0.05) is 0 Å². The Kier molecular flexibility index (Phi) is 5.45. The van der Waals surface area contributed by atoms with Gasteiger partial charge in [-0.15, -0.1) is 24.8 Å². The van der Waals surface area contributed by atoms with E-state index in [1.165, 1.54) is 0 Å². The van der Waals surface area contributed by atoms with E-state index < -0.39 is 0 Å². The number of piperidine rings is 1. The van der Waals surface area contributed by atoms with Crippen LogP contribution in [0.3, 0.4) is 0 Å². The van der Waals surface area contributed by atoms with Gasteiger partial charge in [0, 0.05) is 29.9 Å². The molecular weight excluding hydrogens is 335 g/mol. The first kappa shape index (κ1) is 17.9. The average molecular weight is 355 g/mol. The second-order valence-electron chi connectivity index (χ2n) is 6.11. The van der Waals surface area contributed by atoms with Crippen molar-refractivity contribution in [3.63, 3.8) is 0 Å². The Balaban J connectivity index is 0.000000960. The average Bonchev–Trinajstić information content (AvgIpc) is 3.22. The lowest BCUT2D eigenvalue weighted by atomic mass is 9.92. The molecule has 1 unspecified atom stereocenters. The SMILES string of the molecule is Cl.Cl.O=C(Nc1ccnc2ccncc12)C1CC12CCNCC2. The molecule has 0 bridgehead atoms. The number of hydrogen-bond donors (Lipinski definition) is 2. The zero-order valence-corrected chi connectivity index (χ0v) is 14.3. The molecular formula is C16H20Cl2N4O. The third-order valence-corrected chi connectivity index (χ3v) is 4.91. The molecule has 0 aromatic carbocycles. The number of nitrogens with one attached hydrogen (secondary N) is 2. The maximum Gasteiger partial charge on any atom is 0.228 e. The summed E-state index contributed by atoms with van der Waals surface area (Å²) in [7, 11) is 0. The molecule has 2 aromatic rings. The minimum absolute atomic E-state index is 0. The Morgan fingerprint density at radius 3 is 2.78 bits per heavy atom. The molecule has 23 heavy (non-hydrogen) atoms. The third-order valence-electron chi connectivity index (χ3n) is 4.91. The standard InChI is InChI=1S/C16H18N4O.2ClH/c21-15(12-9-16(12)3-7-17-8-4-16)20-14-2-6-19-13-1-5-18-10-11(13)14;;/h1-2,5-6,10,12,17H,3-4,7-9H2,(H,19,20,21);2*1H. The Bertz CT molecular complexity index is 698. The predicted molar refractivity (Wildman–Crippen MR) is 95.3 cm³/mol. The number of rotatable bonds is 2. The summed E-state index contributed by atoms with van der Waals surface area (Å²) in [5.74, 6) is 0.313. The van der Waals surface area contributed by atoms with Crippen LogP contribution < -0.4 is 10.6 Å². The molecule has 124 valence electrons. The highest BCUT2D eigenvalue weighted by Gasteiger charge is 2.57. The van der Waals surface area contributed by atoms with Crippen molar-refractivity contribution in [1.82, 2.24) is 15.3 Å². The van der Waals surface area contributed by atoms with Crippen molar-refractivity contribution >= 4 is 47.3 Å². The van der Waals surface area contributed by atoms with Crippen LogP contribution in [0.1, 0.15) is 19.3 Å². The van der Waals surface area contributed by atoms with E-state index in [-0.39, 0.29) is 42.1 Å². The van der Waals surface area contributed by atoms with Crippen LogP contribution in [-0.4, -0.2) is 29.0 Å². The lowest BCUT2D eigenvalue weighted by Gasteiger charge is -2.23. The summed E-state index contributed by atoms with van der Waals surface area (Å²) in [4.78, 5) is 20.9. The van der Waals surface area contributed by atoms with E-state index in [1.54, 1.807) is 18.6 Å². The summed E-state index contributed by atoms with van der Waals surface area (Å²) < 4.78 is 0. The molecule has 1 saturated heterocycles. The summed E-state index contributed by atoms with van der Waals surface area (Å²) >= 11 is 0. The molecule has 3 heterocycles. The van der Waals surface area contributed by atoms with E-state index >= 15 is 0 Å². The lowest BCUT2D eigenvalue weighted by molar-refractivity contribution is -0.118. The lowest BCUT2D eigenvalue weighted by Crippen LogP contribution is -2.31. The molecule has 1 spiro atoms. The van der Waals surface area contributed by atoms with E-state index in [9.17, 15) is 4.79 Å². The molecule has 2 fully saturated rings. The monoisotopic (exact) mass is 354 g/mol. The molecule has 2 aliphatic rings. The van der Waals surface area contributed by atoms with E-state index in [2.05, 4.69) is 20.6 Å². The topological polar surface area (TPSA) is 66.9 Å². The van der Waals surface area contributed by atoms with Crippen LogP contribution in [0.25, 0.3) is 10.9 Å². The van der Waals surface area contributed by atoms with Crippen molar-refractivity contribution in [3.8, 4) is 0 Å². The molecule has 5 nitrogen and oxygen atoms in total. The summed E-state index contributed by atoms with van der Waals surface area (Å²) in [5, 5.41) is 7.34. The van der Waals surface area contributed by atoms with Crippen molar-refractivity contribution in [2.24, 2.45) is 11.3 Å². The number of halogens is 2. The Labute approximate surface area is 147 Å². The third kappa shape index (κ3) is 3.27. The minimum Gasteiger partial charge on any atom is -0.325 e. The van der Waals surface area contributed by atoms with E-state index in [4.69, 9.17) is 0 Å². The van der Waals surface area contributed by atoms with Gasteiger partial charge in [0.05, 0.1) is 11.2 Å². The number of aromatic nitrogens is 2. The summed E-state index contributed by atoms with van der Waals surface area (Å²) in [6.07, 6.45) is 8.46. The molecule has 1 atom stereocenters. The van der Waals surface area contributed by atoms with Crippen LogP contribution in [0.2, 0.25) is 0 Å². The summed E-state index contributed by atoms with van der Waals surface area (Å²) in [6, 6.07) is 3.70. The van der Waals surface area contributed by atoms with Crippen LogP contribution in [0.4, 0.5) is 5.69 Å². The molecule has 2 aromatic heterocycles. The van der Waals surface area contributed by atoms with Gasteiger partial charge in [-0.3, -0.25) is 14.8 Å². The summed E-state index contributed by atoms with van der Waals surface area (Å²) in [5.41, 5.74) is 1.93. The molecule has 4 rings (SSSR count). The second-order valence-corrected chi connectivity index (χ2v) is 6.11. The van der Waals surface area contributed by atoms with Crippen molar-refractivity contribution in [2.75, 3.05) is 18.4 Å². The first-order valence-electron chi connectivity index (χ1n) is 7.49. The van der Waals surface area contributed by atoms with Crippen molar-refractivity contribution in [1.29, 1.82) is 0 Å². The van der Waals surface area contributed by atoms with E-state index in [0.29, 0.717) is 0 Å². The van der Waals surface area contributed by atoms with E-state index in [1.807, 2.05) is 12.1 Å². The maximum atomic E-state index is 12.5. The fraction of sp³-hybridized carbons (Fsp3) is 0.438.